The highest BCUT2D eigenvalue weighted by atomic mass is 35.5. The number of carbonyl (C=O) groups is 1. The first kappa shape index (κ1) is 17.8. The second-order valence-corrected chi connectivity index (χ2v) is 6.10. The van der Waals surface area contributed by atoms with Gasteiger partial charge in [-0.05, 0) is 31.0 Å². The Kier molecular flexibility index (Phi) is 6.47. The topological polar surface area (TPSA) is 55.8 Å². The van der Waals surface area contributed by atoms with Gasteiger partial charge in [0.25, 0.3) is 0 Å². The van der Waals surface area contributed by atoms with Crippen LogP contribution in [0.4, 0.5) is 14.9 Å². The third-order valence-electron chi connectivity index (χ3n) is 3.93. The van der Waals surface area contributed by atoms with Gasteiger partial charge in [-0.1, -0.05) is 18.5 Å². The van der Waals surface area contributed by atoms with Crippen molar-refractivity contribution in [2.45, 2.75) is 25.8 Å². The highest BCUT2D eigenvalue weighted by Gasteiger charge is 2.26. The summed E-state index contributed by atoms with van der Waals surface area (Å²) in [5, 5.41) is 12.1. The predicted octanol–water partition coefficient (Wildman–Crippen LogP) is 2.47. The molecule has 2 amide bonds. The van der Waals surface area contributed by atoms with Crippen molar-refractivity contribution in [2.24, 2.45) is 0 Å². The molecule has 23 heavy (non-hydrogen) atoms. The van der Waals surface area contributed by atoms with Crippen molar-refractivity contribution in [2.75, 3.05) is 37.7 Å². The van der Waals surface area contributed by atoms with Crippen LogP contribution in [0.2, 0.25) is 5.02 Å². The summed E-state index contributed by atoms with van der Waals surface area (Å²) < 4.78 is 13.2. The largest absolute Gasteiger partial charge is 0.395 e. The Bertz CT molecular complexity index is 538. The van der Waals surface area contributed by atoms with Gasteiger partial charge in [0.2, 0.25) is 0 Å². The Hall–Kier alpha value is -1.53. The summed E-state index contributed by atoms with van der Waals surface area (Å²) >= 11 is 5.82. The molecule has 1 unspecified atom stereocenters. The molecular weight excluding hydrogens is 321 g/mol. The molecule has 1 saturated heterocycles. The van der Waals surface area contributed by atoms with E-state index in [1.165, 1.54) is 6.07 Å². The van der Waals surface area contributed by atoms with Gasteiger partial charge in [0.05, 0.1) is 11.6 Å². The molecule has 1 heterocycles. The second kappa shape index (κ2) is 8.36. The monoisotopic (exact) mass is 343 g/mol. The number of halogens is 2. The number of aliphatic hydroxyl groups is 1. The number of nitrogens with zero attached hydrogens (tertiary/aromatic N) is 2. The maximum absolute atomic E-state index is 13.2. The van der Waals surface area contributed by atoms with Gasteiger partial charge >= 0.3 is 6.03 Å². The van der Waals surface area contributed by atoms with Crippen molar-refractivity contribution in [1.29, 1.82) is 0 Å². The van der Waals surface area contributed by atoms with Crippen molar-refractivity contribution in [3.63, 3.8) is 0 Å². The van der Waals surface area contributed by atoms with Crippen LogP contribution in [0.3, 0.4) is 0 Å². The van der Waals surface area contributed by atoms with Gasteiger partial charge < -0.3 is 20.2 Å². The molecule has 0 aliphatic carbocycles. The minimum absolute atomic E-state index is 0.0318. The second-order valence-electron chi connectivity index (χ2n) is 5.69. The molecule has 1 aliphatic heterocycles. The predicted molar refractivity (Wildman–Crippen MR) is 89.5 cm³/mol. The van der Waals surface area contributed by atoms with E-state index in [4.69, 9.17) is 16.7 Å². The molecule has 0 saturated carbocycles. The van der Waals surface area contributed by atoms with Crippen molar-refractivity contribution in [3.05, 3.63) is 29.0 Å². The first-order valence-electron chi connectivity index (χ1n) is 7.91. The van der Waals surface area contributed by atoms with E-state index in [1.54, 1.807) is 17.0 Å². The minimum Gasteiger partial charge on any atom is -0.395 e. The third-order valence-corrected chi connectivity index (χ3v) is 4.22. The lowest BCUT2D eigenvalue weighted by molar-refractivity contribution is 0.174. The molecule has 1 aliphatic rings. The highest BCUT2D eigenvalue weighted by Crippen LogP contribution is 2.25. The van der Waals surface area contributed by atoms with E-state index in [1.807, 2.05) is 6.92 Å². The van der Waals surface area contributed by atoms with Crippen molar-refractivity contribution < 1.29 is 14.3 Å². The quantitative estimate of drug-likeness (QED) is 0.834. The average Bonchev–Trinajstić information content (AvgIpc) is 2.98. The number of nitrogens with one attached hydrogen (secondary N) is 1. The van der Waals surface area contributed by atoms with Gasteiger partial charge in [0, 0.05) is 37.9 Å². The molecule has 0 spiro atoms. The molecule has 0 bridgehead atoms. The molecule has 128 valence electrons. The zero-order valence-electron chi connectivity index (χ0n) is 13.3. The Morgan fingerprint density at radius 2 is 2.30 bits per heavy atom. The first-order valence-corrected chi connectivity index (χ1v) is 8.29. The van der Waals surface area contributed by atoms with E-state index in [2.05, 4.69) is 10.2 Å². The summed E-state index contributed by atoms with van der Waals surface area (Å²) in [4.78, 5) is 15.9. The summed E-state index contributed by atoms with van der Waals surface area (Å²) in [6.07, 6.45) is 1.66. The van der Waals surface area contributed by atoms with E-state index < -0.39 is 5.82 Å². The van der Waals surface area contributed by atoms with Crippen molar-refractivity contribution >= 4 is 23.3 Å². The molecule has 1 fully saturated rings. The summed E-state index contributed by atoms with van der Waals surface area (Å²) in [6, 6.07) is 4.54. The van der Waals surface area contributed by atoms with Gasteiger partial charge in [-0.25, -0.2) is 9.18 Å². The van der Waals surface area contributed by atoms with E-state index in [0.717, 1.165) is 25.1 Å². The standard InChI is InChI=1S/C16H23ClFN3O2/c1-2-6-20(8-9-22)16(23)19-12-5-7-21(11-12)13-3-4-15(18)14(17)10-13/h3-4,10,12,22H,2,5-9,11H2,1H3,(H,19,23). The van der Waals surface area contributed by atoms with Crippen molar-refractivity contribution in [3.8, 4) is 0 Å². The molecule has 0 aromatic heterocycles. The fraction of sp³-hybridized carbons (Fsp3) is 0.562. The van der Waals surface area contributed by atoms with E-state index in [9.17, 15) is 9.18 Å². The molecular formula is C16H23ClFN3O2. The Balaban J connectivity index is 1.91. The number of aliphatic hydroxyl groups excluding tert-OH is 1. The van der Waals surface area contributed by atoms with Gasteiger partial charge in [-0.15, -0.1) is 0 Å². The fourth-order valence-electron chi connectivity index (χ4n) is 2.77. The summed E-state index contributed by atoms with van der Waals surface area (Å²) in [5.74, 6) is -0.432. The van der Waals surface area contributed by atoms with Crippen molar-refractivity contribution in [1.82, 2.24) is 10.2 Å². The van der Waals surface area contributed by atoms with Crippen LogP contribution >= 0.6 is 11.6 Å². The SMILES string of the molecule is CCCN(CCO)C(=O)NC1CCN(c2ccc(F)c(Cl)c2)C1. The number of anilines is 1. The Labute approximate surface area is 141 Å². The maximum Gasteiger partial charge on any atom is 0.317 e. The lowest BCUT2D eigenvalue weighted by Crippen LogP contribution is -2.47. The smallest absolute Gasteiger partial charge is 0.317 e. The van der Waals surface area contributed by atoms with Crippen LogP contribution in [0.5, 0.6) is 0 Å². The van der Waals surface area contributed by atoms with Gasteiger partial charge in [0.1, 0.15) is 5.82 Å². The van der Waals surface area contributed by atoms with Gasteiger partial charge in [-0.2, -0.15) is 0 Å². The highest BCUT2D eigenvalue weighted by molar-refractivity contribution is 6.31. The molecule has 0 radical (unpaired) electrons. The number of rotatable bonds is 6. The molecule has 7 heteroatoms. The number of hydrogen-bond acceptors (Lipinski definition) is 3. The van der Waals surface area contributed by atoms with Crippen LogP contribution in [0.25, 0.3) is 0 Å². The molecule has 5 nitrogen and oxygen atoms in total. The molecule has 1 aromatic rings. The number of hydrogen-bond donors (Lipinski definition) is 2. The maximum atomic E-state index is 13.2. The van der Waals surface area contributed by atoms with E-state index in [0.29, 0.717) is 19.6 Å². The van der Waals surface area contributed by atoms with Crippen LogP contribution in [0, 0.1) is 5.82 Å². The Morgan fingerprint density at radius 3 is 2.96 bits per heavy atom. The summed E-state index contributed by atoms with van der Waals surface area (Å²) in [7, 11) is 0. The van der Waals surface area contributed by atoms with E-state index in [-0.39, 0.29) is 23.7 Å². The molecule has 2 N–H and O–H groups in total. The zero-order chi connectivity index (χ0) is 16.8. The zero-order valence-corrected chi connectivity index (χ0v) is 14.0. The number of benzene rings is 1. The van der Waals surface area contributed by atoms with Crippen LogP contribution in [-0.4, -0.2) is 54.9 Å². The third kappa shape index (κ3) is 4.72. The van der Waals surface area contributed by atoms with Crippen LogP contribution in [0.15, 0.2) is 18.2 Å². The van der Waals surface area contributed by atoms with E-state index >= 15 is 0 Å². The number of carbonyl (C=O) groups excluding carboxylic acids is 1. The first-order chi connectivity index (χ1) is 11.0. The number of amides is 2. The lowest BCUT2D eigenvalue weighted by Gasteiger charge is -2.24. The summed E-state index contributed by atoms with van der Waals surface area (Å²) in [6.45, 7) is 4.35. The minimum atomic E-state index is -0.432. The molecule has 2 rings (SSSR count). The van der Waals surface area contributed by atoms with Crippen LogP contribution in [0.1, 0.15) is 19.8 Å². The molecule has 1 aromatic carbocycles. The number of urea groups is 1. The Morgan fingerprint density at radius 1 is 1.52 bits per heavy atom. The fourth-order valence-corrected chi connectivity index (χ4v) is 2.94. The lowest BCUT2D eigenvalue weighted by atomic mass is 10.2. The van der Waals surface area contributed by atoms with Gasteiger partial charge in [-0.3, -0.25) is 0 Å². The van der Waals surface area contributed by atoms with Crippen LogP contribution < -0.4 is 10.2 Å². The average molecular weight is 344 g/mol. The van der Waals surface area contributed by atoms with Crippen LogP contribution in [-0.2, 0) is 0 Å². The van der Waals surface area contributed by atoms with Gasteiger partial charge in [0.15, 0.2) is 0 Å². The molecule has 1 atom stereocenters. The summed E-state index contributed by atoms with van der Waals surface area (Å²) in [5.41, 5.74) is 0.855. The normalized spacial score (nSPS) is 17.4.